The first-order valence-electron chi connectivity index (χ1n) is 7.89. The summed E-state index contributed by atoms with van der Waals surface area (Å²) in [5, 5.41) is 0. The minimum atomic E-state index is -3.68. The first kappa shape index (κ1) is 16.4. The first-order valence-corrected chi connectivity index (χ1v) is 9.38. The van der Waals surface area contributed by atoms with Gasteiger partial charge in [-0.3, -0.25) is 14.5 Å². The van der Waals surface area contributed by atoms with Crippen molar-refractivity contribution in [1.29, 1.82) is 0 Å². The van der Waals surface area contributed by atoms with E-state index in [9.17, 15) is 13.2 Å². The minimum absolute atomic E-state index is 0.157. The van der Waals surface area contributed by atoms with Gasteiger partial charge in [-0.05, 0) is 43.5 Å². The van der Waals surface area contributed by atoms with E-state index >= 15 is 0 Å². The van der Waals surface area contributed by atoms with Gasteiger partial charge in [0.05, 0.1) is 10.6 Å². The largest absolute Gasteiger partial charge is 0.337 e. The van der Waals surface area contributed by atoms with Crippen LogP contribution in [0.4, 0.5) is 5.69 Å². The van der Waals surface area contributed by atoms with Crippen LogP contribution >= 0.6 is 0 Å². The molecule has 0 unspecified atom stereocenters. The van der Waals surface area contributed by atoms with Crippen LogP contribution in [0, 0.1) is 0 Å². The number of carbonyl (C=O) groups is 1. The van der Waals surface area contributed by atoms with Gasteiger partial charge in [-0.25, -0.2) is 8.42 Å². The molecule has 3 rings (SSSR count). The molecule has 1 aliphatic rings. The maximum absolute atomic E-state index is 12.5. The Labute approximate surface area is 141 Å². The number of rotatable bonds is 4. The van der Waals surface area contributed by atoms with E-state index in [2.05, 4.69) is 9.71 Å². The van der Waals surface area contributed by atoms with Crippen molar-refractivity contribution >= 4 is 21.6 Å². The molecule has 7 heteroatoms. The molecule has 2 heterocycles. The number of amides is 1. The van der Waals surface area contributed by atoms with Crippen LogP contribution in [-0.4, -0.2) is 37.3 Å². The third kappa shape index (κ3) is 3.73. The standard InChI is InChI=1S/C17H19N3O3S/c21-17(20-11-5-2-6-12-20)16-13-14(9-10-18-16)19-24(22,23)15-7-3-1-4-8-15/h1,3-4,7-10,13H,2,5-6,11-12H2,(H,18,19). The van der Waals surface area contributed by atoms with Gasteiger partial charge in [-0.2, -0.15) is 0 Å². The Morgan fingerprint density at radius 3 is 2.46 bits per heavy atom. The Balaban J connectivity index is 1.79. The Morgan fingerprint density at radius 2 is 1.75 bits per heavy atom. The second-order valence-electron chi connectivity index (χ2n) is 5.70. The molecule has 0 saturated carbocycles. The van der Waals surface area contributed by atoms with Crippen molar-refractivity contribution < 1.29 is 13.2 Å². The van der Waals surface area contributed by atoms with E-state index in [1.807, 2.05) is 0 Å². The quantitative estimate of drug-likeness (QED) is 0.923. The predicted molar refractivity (Wildman–Crippen MR) is 91.2 cm³/mol. The normalized spacial score (nSPS) is 15.1. The number of hydrogen-bond acceptors (Lipinski definition) is 4. The number of nitrogens with zero attached hydrogens (tertiary/aromatic N) is 2. The summed E-state index contributed by atoms with van der Waals surface area (Å²) in [7, 11) is -3.68. The highest BCUT2D eigenvalue weighted by Crippen LogP contribution is 2.18. The summed E-state index contributed by atoms with van der Waals surface area (Å²) in [6.07, 6.45) is 4.56. The second-order valence-corrected chi connectivity index (χ2v) is 7.38. The molecule has 1 amide bonds. The molecule has 6 nitrogen and oxygen atoms in total. The number of hydrogen-bond donors (Lipinski definition) is 1. The van der Waals surface area contributed by atoms with E-state index in [1.165, 1.54) is 30.5 Å². The third-order valence-corrected chi connectivity index (χ3v) is 5.33. The van der Waals surface area contributed by atoms with Gasteiger partial charge in [0.1, 0.15) is 5.69 Å². The molecular weight excluding hydrogens is 326 g/mol. The van der Waals surface area contributed by atoms with Gasteiger partial charge in [0.15, 0.2) is 0 Å². The number of carbonyl (C=O) groups excluding carboxylic acids is 1. The molecule has 24 heavy (non-hydrogen) atoms. The summed E-state index contributed by atoms with van der Waals surface area (Å²) in [4.78, 5) is 18.5. The highest BCUT2D eigenvalue weighted by atomic mass is 32.2. The number of anilines is 1. The van der Waals surface area contributed by atoms with Crippen LogP contribution in [0.25, 0.3) is 0 Å². The summed E-state index contributed by atoms with van der Waals surface area (Å²) >= 11 is 0. The van der Waals surface area contributed by atoms with Gasteiger partial charge < -0.3 is 4.90 Å². The van der Waals surface area contributed by atoms with Crippen molar-refractivity contribution in [3.8, 4) is 0 Å². The molecule has 126 valence electrons. The Bertz CT molecular complexity index is 816. The topological polar surface area (TPSA) is 79.4 Å². The van der Waals surface area contributed by atoms with E-state index in [0.717, 1.165) is 32.4 Å². The first-order chi connectivity index (χ1) is 11.6. The Kier molecular flexibility index (Phi) is 4.80. The van der Waals surface area contributed by atoms with Crippen LogP contribution in [0.3, 0.4) is 0 Å². The van der Waals surface area contributed by atoms with Crippen LogP contribution < -0.4 is 4.72 Å². The molecule has 1 fully saturated rings. The van der Waals surface area contributed by atoms with Crippen molar-refractivity contribution in [2.45, 2.75) is 24.2 Å². The third-order valence-electron chi connectivity index (χ3n) is 3.93. The molecule has 1 aromatic carbocycles. The smallest absolute Gasteiger partial charge is 0.272 e. The number of aromatic nitrogens is 1. The van der Waals surface area contributed by atoms with Crippen LogP contribution in [0.2, 0.25) is 0 Å². The number of benzene rings is 1. The van der Waals surface area contributed by atoms with Crippen molar-refractivity contribution in [1.82, 2.24) is 9.88 Å². The molecule has 0 atom stereocenters. The fourth-order valence-electron chi connectivity index (χ4n) is 2.68. The van der Waals surface area contributed by atoms with Gasteiger partial charge in [-0.1, -0.05) is 18.2 Å². The molecule has 2 aromatic rings. The maximum Gasteiger partial charge on any atom is 0.272 e. The lowest BCUT2D eigenvalue weighted by Crippen LogP contribution is -2.36. The van der Waals surface area contributed by atoms with E-state index in [0.29, 0.717) is 5.69 Å². The van der Waals surface area contributed by atoms with Crippen molar-refractivity contribution in [2.75, 3.05) is 17.8 Å². The highest BCUT2D eigenvalue weighted by Gasteiger charge is 2.20. The number of piperidine rings is 1. The summed E-state index contributed by atoms with van der Waals surface area (Å²) < 4.78 is 27.2. The van der Waals surface area contributed by atoms with Crippen LogP contribution in [0.5, 0.6) is 0 Å². The lowest BCUT2D eigenvalue weighted by molar-refractivity contribution is 0.0718. The molecule has 0 aliphatic carbocycles. The zero-order chi connectivity index (χ0) is 17.0. The molecule has 0 spiro atoms. The Hall–Kier alpha value is -2.41. The van der Waals surface area contributed by atoms with Crippen molar-refractivity contribution in [3.05, 3.63) is 54.4 Å². The predicted octanol–water partition coefficient (Wildman–Crippen LogP) is 2.51. The van der Waals surface area contributed by atoms with Gasteiger partial charge in [0.2, 0.25) is 0 Å². The van der Waals surface area contributed by atoms with E-state index in [4.69, 9.17) is 0 Å². The van der Waals surface area contributed by atoms with E-state index in [-0.39, 0.29) is 16.5 Å². The van der Waals surface area contributed by atoms with Crippen LogP contribution in [0.1, 0.15) is 29.8 Å². The van der Waals surface area contributed by atoms with Gasteiger partial charge >= 0.3 is 0 Å². The van der Waals surface area contributed by atoms with E-state index < -0.39 is 10.0 Å². The lowest BCUT2D eigenvalue weighted by Gasteiger charge is -2.26. The van der Waals surface area contributed by atoms with Crippen LogP contribution in [0.15, 0.2) is 53.6 Å². The Morgan fingerprint density at radius 1 is 1.04 bits per heavy atom. The summed E-state index contributed by atoms with van der Waals surface area (Å²) in [5.74, 6) is -0.157. The summed E-state index contributed by atoms with van der Waals surface area (Å²) in [5.41, 5.74) is 0.583. The van der Waals surface area contributed by atoms with E-state index in [1.54, 1.807) is 23.1 Å². The van der Waals surface area contributed by atoms with Gasteiger partial charge in [0, 0.05) is 19.3 Å². The zero-order valence-electron chi connectivity index (χ0n) is 13.2. The summed E-state index contributed by atoms with van der Waals surface area (Å²) in [6, 6.07) is 11.1. The highest BCUT2D eigenvalue weighted by molar-refractivity contribution is 7.92. The maximum atomic E-state index is 12.5. The average molecular weight is 345 g/mol. The SMILES string of the molecule is O=C(c1cc(NS(=O)(=O)c2ccccc2)ccn1)N1CCCCC1. The number of sulfonamides is 1. The zero-order valence-corrected chi connectivity index (χ0v) is 14.0. The molecule has 1 saturated heterocycles. The van der Waals surface area contributed by atoms with Gasteiger partial charge in [0.25, 0.3) is 15.9 Å². The fourth-order valence-corrected chi connectivity index (χ4v) is 3.75. The number of likely N-dealkylation sites (tertiary alicyclic amines) is 1. The summed E-state index contributed by atoms with van der Waals surface area (Å²) in [6.45, 7) is 1.45. The van der Waals surface area contributed by atoms with Crippen LogP contribution in [-0.2, 0) is 10.0 Å². The molecular formula is C17H19N3O3S. The van der Waals surface area contributed by atoms with Crippen molar-refractivity contribution in [2.24, 2.45) is 0 Å². The van der Waals surface area contributed by atoms with Crippen molar-refractivity contribution in [3.63, 3.8) is 0 Å². The van der Waals surface area contributed by atoms with Gasteiger partial charge in [-0.15, -0.1) is 0 Å². The number of pyridine rings is 1. The number of nitrogens with one attached hydrogen (secondary N) is 1. The second kappa shape index (κ2) is 7.00. The molecule has 1 aliphatic heterocycles. The lowest BCUT2D eigenvalue weighted by atomic mass is 10.1. The monoisotopic (exact) mass is 345 g/mol. The average Bonchev–Trinajstić information content (AvgIpc) is 2.62. The molecule has 1 N–H and O–H groups in total. The minimum Gasteiger partial charge on any atom is -0.337 e. The molecule has 1 aromatic heterocycles. The fraction of sp³-hybridized carbons (Fsp3) is 0.294. The molecule has 0 radical (unpaired) electrons. The molecule has 0 bridgehead atoms.